The first kappa shape index (κ1) is 16.9. The molecule has 24 heavy (non-hydrogen) atoms. The van der Waals surface area contributed by atoms with Crippen molar-refractivity contribution in [2.75, 3.05) is 32.8 Å². The smallest absolute Gasteiger partial charge is 0.249 e. The minimum absolute atomic E-state index is 0.0448. The molecular weight excluding hydrogens is 306 g/mol. The summed E-state index contributed by atoms with van der Waals surface area (Å²) in [7, 11) is 0. The zero-order valence-electron chi connectivity index (χ0n) is 13.9. The number of carbonyl (C=O) groups is 2. The van der Waals surface area contributed by atoms with Crippen molar-refractivity contribution in [2.24, 2.45) is 5.92 Å². The highest BCUT2D eigenvalue weighted by atomic mass is 16.5. The molecule has 2 saturated heterocycles. The maximum Gasteiger partial charge on any atom is 0.249 e. The van der Waals surface area contributed by atoms with Crippen LogP contribution in [0.1, 0.15) is 18.4 Å². The summed E-state index contributed by atoms with van der Waals surface area (Å²) < 4.78 is 5.31. The second-order valence-corrected chi connectivity index (χ2v) is 6.50. The maximum atomic E-state index is 12.6. The second kappa shape index (κ2) is 8.26. The lowest BCUT2D eigenvalue weighted by Gasteiger charge is -2.35. The third kappa shape index (κ3) is 4.33. The molecule has 1 aromatic carbocycles. The highest BCUT2D eigenvalue weighted by Gasteiger charge is 2.34. The Bertz CT molecular complexity index is 558. The van der Waals surface area contributed by atoms with Crippen LogP contribution in [0.5, 0.6) is 0 Å². The number of piperidine rings is 1. The predicted molar refractivity (Wildman–Crippen MR) is 90.2 cm³/mol. The van der Waals surface area contributed by atoms with Crippen molar-refractivity contribution in [3.8, 4) is 0 Å². The van der Waals surface area contributed by atoms with Crippen molar-refractivity contribution in [3.63, 3.8) is 0 Å². The highest BCUT2D eigenvalue weighted by Crippen LogP contribution is 2.14. The van der Waals surface area contributed by atoms with Gasteiger partial charge in [0, 0.05) is 13.1 Å². The molecule has 0 spiro atoms. The average molecular weight is 331 g/mol. The molecule has 1 unspecified atom stereocenters. The first-order chi connectivity index (χ1) is 11.7. The summed E-state index contributed by atoms with van der Waals surface area (Å²) in [5.41, 5.74) is 1.02. The average Bonchev–Trinajstić information content (AvgIpc) is 2.63. The van der Waals surface area contributed by atoms with Crippen molar-refractivity contribution < 1.29 is 14.3 Å². The lowest BCUT2D eigenvalue weighted by molar-refractivity contribution is -0.155. The fourth-order valence-corrected chi connectivity index (χ4v) is 3.26. The molecule has 2 heterocycles. The Morgan fingerprint density at radius 2 is 2.17 bits per heavy atom. The summed E-state index contributed by atoms with van der Waals surface area (Å²) in [5.74, 6) is 0.208. The van der Waals surface area contributed by atoms with E-state index in [1.54, 1.807) is 4.90 Å². The Morgan fingerprint density at radius 3 is 2.92 bits per heavy atom. The molecule has 0 aromatic heterocycles. The summed E-state index contributed by atoms with van der Waals surface area (Å²) >= 11 is 0. The minimum atomic E-state index is -0.553. The van der Waals surface area contributed by atoms with E-state index >= 15 is 0 Å². The van der Waals surface area contributed by atoms with Gasteiger partial charge in [-0.25, -0.2) is 0 Å². The number of morpholine rings is 1. The molecule has 2 aliphatic rings. The molecule has 6 nitrogen and oxygen atoms in total. The Balaban J connectivity index is 1.60. The van der Waals surface area contributed by atoms with E-state index in [0.29, 0.717) is 19.0 Å². The van der Waals surface area contributed by atoms with Gasteiger partial charge in [0.05, 0.1) is 6.61 Å². The van der Waals surface area contributed by atoms with E-state index in [0.717, 1.165) is 31.5 Å². The van der Waals surface area contributed by atoms with Crippen LogP contribution >= 0.6 is 0 Å². The molecule has 2 fully saturated rings. The van der Waals surface area contributed by atoms with E-state index in [9.17, 15) is 9.59 Å². The van der Waals surface area contributed by atoms with Gasteiger partial charge in [-0.2, -0.15) is 0 Å². The third-order valence-corrected chi connectivity index (χ3v) is 4.66. The van der Waals surface area contributed by atoms with E-state index in [2.05, 4.69) is 10.6 Å². The van der Waals surface area contributed by atoms with Gasteiger partial charge in [-0.3, -0.25) is 9.59 Å². The summed E-state index contributed by atoms with van der Waals surface area (Å²) in [5, 5.41) is 6.35. The van der Waals surface area contributed by atoms with Gasteiger partial charge in [-0.1, -0.05) is 30.3 Å². The number of hydrogen-bond acceptors (Lipinski definition) is 4. The Morgan fingerprint density at radius 1 is 1.33 bits per heavy atom. The van der Waals surface area contributed by atoms with Crippen molar-refractivity contribution in [3.05, 3.63) is 35.9 Å². The number of carbonyl (C=O) groups excluding carboxylic acids is 2. The molecule has 130 valence electrons. The first-order valence-electron chi connectivity index (χ1n) is 8.63. The molecule has 0 radical (unpaired) electrons. The fourth-order valence-electron chi connectivity index (χ4n) is 3.26. The number of nitrogens with one attached hydrogen (secondary N) is 2. The zero-order chi connectivity index (χ0) is 16.8. The Labute approximate surface area is 142 Å². The summed E-state index contributed by atoms with van der Waals surface area (Å²) in [6, 6.07) is 9.18. The SMILES string of the molecule is O=C(NCC1CCCNC1)[C@H]1COCC(=O)N1Cc1ccccc1. The zero-order valence-corrected chi connectivity index (χ0v) is 13.9. The van der Waals surface area contributed by atoms with Gasteiger partial charge < -0.3 is 20.3 Å². The van der Waals surface area contributed by atoms with Crippen LogP contribution < -0.4 is 10.6 Å². The Kier molecular flexibility index (Phi) is 5.82. The van der Waals surface area contributed by atoms with Gasteiger partial charge in [0.1, 0.15) is 12.6 Å². The number of ether oxygens (including phenoxy) is 1. The molecule has 1 aromatic rings. The minimum Gasteiger partial charge on any atom is -0.369 e. The summed E-state index contributed by atoms with van der Waals surface area (Å²) in [4.78, 5) is 26.4. The van der Waals surface area contributed by atoms with Gasteiger partial charge in [0.15, 0.2) is 0 Å². The topological polar surface area (TPSA) is 70.7 Å². The number of benzene rings is 1. The standard InChI is InChI=1S/C18H25N3O3/c22-17-13-24-12-16(21(17)11-14-5-2-1-3-6-14)18(23)20-10-15-7-4-8-19-9-15/h1-3,5-6,15-16,19H,4,7-13H2,(H,20,23)/t15?,16-/m1/s1. The summed E-state index contributed by atoms with van der Waals surface area (Å²) in [6.07, 6.45) is 2.27. The van der Waals surface area contributed by atoms with Crippen molar-refractivity contribution in [2.45, 2.75) is 25.4 Å². The molecular formula is C18H25N3O3. The first-order valence-corrected chi connectivity index (χ1v) is 8.63. The van der Waals surface area contributed by atoms with Crippen molar-refractivity contribution in [1.82, 2.24) is 15.5 Å². The fraction of sp³-hybridized carbons (Fsp3) is 0.556. The molecule has 2 amide bonds. The molecule has 2 atom stereocenters. The monoisotopic (exact) mass is 331 g/mol. The molecule has 2 aliphatic heterocycles. The molecule has 0 aliphatic carbocycles. The summed E-state index contributed by atoms with van der Waals surface area (Å²) in [6.45, 7) is 3.38. The van der Waals surface area contributed by atoms with Crippen LogP contribution in [0.2, 0.25) is 0 Å². The highest BCUT2D eigenvalue weighted by molar-refractivity contribution is 5.89. The second-order valence-electron chi connectivity index (χ2n) is 6.50. The van der Waals surface area contributed by atoms with Crippen molar-refractivity contribution in [1.29, 1.82) is 0 Å². The predicted octanol–water partition coefficient (Wildman–Crippen LogP) is 0.530. The molecule has 2 N–H and O–H groups in total. The van der Waals surface area contributed by atoms with Crippen molar-refractivity contribution >= 4 is 11.8 Å². The van der Waals surface area contributed by atoms with Gasteiger partial charge in [-0.15, -0.1) is 0 Å². The van der Waals surface area contributed by atoms with Crippen LogP contribution in [0.4, 0.5) is 0 Å². The quantitative estimate of drug-likeness (QED) is 0.826. The number of rotatable bonds is 5. The number of hydrogen-bond donors (Lipinski definition) is 2. The van der Waals surface area contributed by atoms with Gasteiger partial charge in [-0.05, 0) is 37.4 Å². The molecule has 0 saturated carbocycles. The van der Waals surface area contributed by atoms with Gasteiger partial charge in [0.25, 0.3) is 0 Å². The van der Waals surface area contributed by atoms with Crippen LogP contribution in [0.15, 0.2) is 30.3 Å². The number of nitrogens with zero attached hydrogens (tertiary/aromatic N) is 1. The lowest BCUT2D eigenvalue weighted by atomic mass is 9.99. The van der Waals surface area contributed by atoms with Crippen LogP contribution in [0.3, 0.4) is 0 Å². The van der Waals surface area contributed by atoms with E-state index in [1.165, 1.54) is 0 Å². The molecule has 3 rings (SSSR count). The number of amides is 2. The molecule has 0 bridgehead atoms. The lowest BCUT2D eigenvalue weighted by Crippen LogP contribution is -2.56. The normalized spacial score (nSPS) is 24.7. The van der Waals surface area contributed by atoms with Crippen LogP contribution in [0.25, 0.3) is 0 Å². The largest absolute Gasteiger partial charge is 0.369 e. The molecule has 6 heteroatoms. The van der Waals surface area contributed by atoms with Gasteiger partial charge >= 0.3 is 0 Å². The van der Waals surface area contributed by atoms with Crippen LogP contribution in [-0.4, -0.2) is 55.6 Å². The van der Waals surface area contributed by atoms with E-state index < -0.39 is 6.04 Å². The van der Waals surface area contributed by atoms with E-state index in [4.69, 9.17) is 4.74 Å². The third-order valence-electron chi connectivity index (χ3n) is 4.66. The maximum absolute atomic E-state index is 12.6. The van der Waals surface area contributed by atoms with Crippen LogP contribution in [-0.2, 0) is 20.9 Å². The van der Waals surface area contributed by atoms with E-state index in [-0.39, 0.29) is 25.0 Å². The Hall–Kier alpha value is -1.92. The van der Waals surface area contributed by atoms with Gasteiger partial charge in [0.2, 0.25) is 11.8 Å². The van der Waals surface area contributed by atoms with E-state index in [1.807, 2.05) is 30.3 Å². The van der Waals surface area contributed by atoms with Crippen LogP contribution in [0, 0.1) is 5.92 Å².